The van der Waals surface area contributed by atoms with Gasteiger partial charge < -0.3 is 14.2 Å². The summed E-state index contributed by atoms with van der Waals surface area (Å²) in [6.07, 6.45) is 0. The fraction of sp³-hybridized carbons (Fsp3) is 0.364. The van der Waals surface area contributed by atoms with Gasteiger partial charge in [-0.3, -0.25) is 0 Å². The molecule has 0 spiro atoms. The summed E-state index contributed by atoms with van der Waals surface area (Å²) in [5, 5.41) is 0. The lowest BCUT2D eigenvalue weighted by Crippen LogP contribution is -2.03. The van der Waals surface area contributed by atoms with Crippen LogP contribution in [-0.2, 0) is 0 Å². The maximum absolute atomic E-state index is 10.8. The van der Waals surface area contributed by atoms with Crippen LogP contribution >= 0.6 is 11.6 Å². The highest BCUT2D eigenvalue weighted by Crippen LogP contribution is 2.37. The van der Waals surface area contributed by atoms with E-state index in [0.717, 1.165) is 0 Å². The third-order valence-electron chi connectivity index (χ3n) is 1.72. The summed E-state index contributed by atoms with van der Waals surface area (Å²) in [7, 11) is 0. The van der Waals surface area contributed by atoms with Gasteiger partial charge in [0.15, 0.2) is 11.5 Å². The van der Waals surface area contributed by atoms with Crippen molar-refractivity contribution in [3.8, 4) is 17.2 Å². The first kappa shape index (κ1) is 12.6. The van der Waals surface area contributed by atoms with Crippen molar-refractivity contribution in [3.63, 3.8) is 0 Å². The van der Waals surface area contributed by atoms with E-state index < -0.39 is 5.43 Å². The van der Waals surface area contributed by atoms with Crippen molar-refractivity contribution in [2.75, 3.05) is 13.2 Å². The molecule has 1 aromatic carbocycles. The van der Waals surface area contributed by atoms with Crippen LogP contribution in [0.5, 0.6) is 17.2 Å². The highest BCUT2D eigenvalue weighted by molar-refractivity contribution is 6.61. The molecule has 0 bridgehead atoms. The van der Waals surface area contributed by atoms with Crippen LogP contribution in [0, 0.1) is 0 Å². The predicted octanol–water partition coefficient (Wildman–Crippen LogP) is 3.22. The molecule has 0 heterocycles. The van der Waals surface area contributed by atoms with Gasteiger partial charge in [-0.05, 0) is 26.0 Å². The molecule has 0 unspecified atom stereocenters. The largest absolute Gasteiger partial charge is 0.490 e. The Hall–Kier alpha value is -1.42. The Morgan fingerprint density at radius 2 is 1.69 bits per heavy atom. The lowest BCUT2D eigenvalue weighted by atomic mass is 10.3. The van der Waals surface area contributed by atoms with Crippen molar-refractivity contribution in [3.05, 3.63) is 18.2 Å². The van der Waals surface area contributed by atoms with Crippen LogP contribution in [0.25, 0.3) is 0 Å². The molecule has 0 saturated carbocycles. The van der Waals surface area contributed by atoms with Gasteiger partial charge in [0.1, 0.15) is 0 Å². The van der Waals surface area contributed by atoms with Crippen LogP contribution in [0.2, 0.25) is 0 Å². The minimum Gasteiger partial charge on any atom is -0.490 e. The number of para-hydroxylation sites is 1. The number of carbonyl (C=O) groups is 1. The van der Waals surface area contributed by atoms with E-state index in [2.05, 4.69) is 0 Å². The molecule has 4 nitrogen and oxygen atoms in total. The Balaban J connectivity index is 3.06. The van der Waals surface area contributed by atoms with Crippen LogP contribution in [0.3, 0.4) is 0 Å². The van der Waals surface area contributed by atoms with Crippen LogP contribution < -0.4 is 14.2 Å². The number of ether oxygens (including phenoxy) is 3. The minimum atomic E-state index is -0.923. The molecule has 0 aromatic heterocycles. The summed E-state index contributed by atoms with van der Waals surface area (Å²) in [6, 6.07) is 5.11. The maximum Gasteiger partial charge on any atom is 0.409 e. The molecule has 0 atom stereocenters. The molecular formula is C11H13ClO4. The zero-order valence-electron chi connectivity index (χ0n) is 9.16. The predicted molar refractivity (Wildman–Crippen MR) is 60.7 cm³/mol. The lowest BCUT2D eigenvalue weighted by Gasteiger charge is -2.13. The van der Waals surface area contributed by atoms with E-state index in [0.29, 0.717) is 24.7 Å². The Morgan fingerprint density at radius 1 is 1.19 bits per heavy atom. The SMILES string of the molecule is CCOc1cccc(OCC)c1OC(=O)Cl. The molecule has 1 rings (SSSR count). The summed E-state index contributed by atoms with van der Waals surface area (Å²) in [6.45, 7) is 4.59. The van der Waals surface area contributed by atoms with Gasteiger partial charge >= 0.3 is 5.43 Å². The minimum absolute atomic E-state index is 0.214. The van der Waals surface area contributed by atoms with Crippen molar-refractivity contribution < 1.29 is 19.0 Å². The standard InChI is InChI=1S/C11H13ClO4/c1-3-14-8-6-5-7-9(15-4-2)10(8)16-11(12)13/h5-7H,3-4H2,1-2H3. The average molecular weight is 245 g/mol. The fourth-order valence-corrected chi connectivity index (χ4v) is 1.29. The van der Waals surface area contributed by atoms with Crippen molar-refractivity contribution in [2.45, 2.75) is 13.8 Å². The quantitative estimate of drug-likeness (QED) is 0.746. The number of carbonyl (C=O) groups excluding carboxylic acids is 1. The summed E-state index contributed by atoms with van der Waals surface area (Å²) in [4.78, 5) is 10.8. The van der Waals surface area contributed by atoms with Crippen LogP contribution in [0.15, 0.2) is 18.2 Å². The van der Waals surface area contributed by atoms with Crippen molar-refractivity contribution >= 4 is 17.0 Å². The zero-order chi connectivity index (χ0) is 12.0. The molecule has 0 saturated heterocycles. The van der Waals surface area contributed by atoms with Gasteiger partial charge in [-0.1, -0.05) is 6.07 Å². The number of benzene rings is 1. The lowest BCUT2D eigenvalue weighted by molar-refractivity contribution is 0.217. The fourth-order valence-electron chi connectivity index (χ4n) is 1.21. The molecule has 0 N–H and O–H groups in total. The first-order chi connectivity index (χ1) is 7.69. The monoisotopic (exact) mass is 244 g/mol. The summed E-state index contributed by atoms with van der Waals surface area (Å²) < 4.78 is 15.5. The van der Waals surface area contributed by atoms with Crippen LogP contribution in [0.4, 0.5) is 4.79 Å². The Bertz CT molecular complexity index is 341. The van der Waals surface area contributed by atoms with E-state index in [1.165, 1.54) is 0 Å². The average Bonchev–Trinajstić information content (AvgIpc) is 2.23. The van der Waals surface area contributed by atoms with Crippen LogP contribution in [0.1, 0.15) is 13.8 Å². The molecule has 5 heteroatoms. The van der Waals surface area contributed by atoms with Gasteiger partial charge in [0.05, 0.1) is 13.2 Å². The van der Waals surface area contributed by atoms with Crippen molar-refractivity contribution in [1.29, 1.82) is 0 Å². The zero-order valence-corrected chi connectivity index (χ0v) is 9.91. The first-order valence-electron chi connectivity index (χ1n) is 4.95. The number of halogens is 1. The summed E-state index contributed by atoms with van der Waals surface area (Å²) in [5.41, 5.74) is -0.923. The molecular weight excluding hydrogens is 232 g/mol. The molecule has 88 valence electrons. The number of rotatable bonds is 5. The topological polar surface area (TPSA) is 44.8 Å². The van der Waals surface area contributed by atoms with Gasteiger partial charge in [-0.2, -0.15) is 0 Å². The molecule has 0 aliphatic heterocycles. The number of hydrogen-bond donors (Lipinski definition) is 0. The van der Waals surface area contributed by atoms with E-state index in [4.69, 9.17) is 25.8 Å². The van der Waals surface area contributed by atoms with E-state index in [1.54, 1.807) is 18.2 Å². The Morgan fingerprint density at radius 3 is 2.06 bits per heavy atom. The highest BCUT2D eigenvalue weighted by atomic mass is 35.5. The third kappa shape index (κ3) is 3.31. The van der Waals surface area contributed by atoms with Crippen LogP contribution in [-0.4, -0.2) is 18.6 Å². The van der Waals surface area contributed by atoms with Gasteiger partial charge in [0.25, 0.3) is 0 Å². The Kier molecular flexibility index (Phi) is 4.92. The van der Waals surface area contributed by atoms with E-state index in [-0.39, 0.29) is 5.75 Å². The van der Waals surface area contributed by atoms with Gasteiger partial charge in [0.2, 0.25) is 5.75 Å². The van der Waals surface area contributed by atoms with E-state index in [1.807, 2.05) is 13.8 Å². The second kappa shape index (κ2) is 6.23. The van der Waals surface area contributed by atoms with Gasteiger partial charge in [-0.15, -0.1) is 0 Å². The Labute approximate surface area is 99.1 Å². The van der Waals surface area contributed by atoms with E-state index in [9.17, 15) is 4.79 Å². The first-order valence-corrected chi connectivity index (χ1v) is 5.32. The molecule has 0 aliphatic carbocycles. The maximum atomic E-state index is 10.8. The molecule has 0 aliphatic rings. The second-order valence-electron chi connectivity index (χ2n) is 2.79. The normalized spacial score (nSPS) is 9.69. The highest BCUT2D eigenvalue weighted by Gasteiger charge is 2.14. The molecule has 0 fully saturated rings. The molecule has 16 heavy (non-hydrogen) atoms. The van der Waals surface area contributed by atoms with E-state index >= 15 is 0 Å². The molecule has 0 radical (unpaired) electrons. The molecule has 1 aromatic rings. The second-order valence-corrected chi connectivity index (χ2v) is 3.10. The smallest absolute Gasteiger partial charge is 0.409 e. The van der Waals surface area contributed by atoms with Crippen molar-refractivity contribution in [1.82, 2.24) is 0 Å². The number of hydrogen-bond acceptors (Lipinski definition) is 4. The summed E-state index contributed by atoms with van der Waals surface area (Å²) >= 11 is 5.18. The van der Waals surface area contributed by atoms with Crippen molar-refractivity contribution in [2.24, 2.45) is 0 Å². The van der Waals surface area contributed by atoms with Gasteiger partial charge in [0, 0.05) is 11.6 Å². The van der Waals surface area contributed by atoms with Gasteiger partial charge in [-0.25, -0.2) is 4.79 Å². The summed E-state index contributed by atoms with van der Waals surface area (Å²) in [5.74, 6) is 1.08. The molecule has 0 amide bonds. The third-order valence-corrected chi connectivity index (χ3v) is 1.80.